The van der Waals surface area contributed by atoms with E-state index in [1.807, 2.05) is 0 Å². The van der Waals surface area contributed by atoms with Crippen LogP contribution in [0.15, 0.2) is 18.2 Å². The highest BCUT2D eigenvalue weighted by Crippen LogP contribution is 2.26. The first-order valence-electron chi connectivity index (χ1n) is 5.44. The van der Waals surface area contributed by atoms with Gasteiger partial charge in [-0.1, -0.05) is 29.3 Å². The topological polar surface area (TPSA) is 66.4 Å². The zero-order valence-electron chi connectivity index (χ0n) is 9.32. The highest BCUT2D eigenvalue weighted by Gasteiger charge is 2.35. The average molecular weight is 288 g/mol. The van der Waals surface area contributed by atoms with Gasteiger partial charge in [-0.2, -0.15) is 0 Å². The summed E-state index contributed by atoms with van der Waals surface area (Å²) in [7, 11) is 0. The third kappa shape index (κ3) is 2.76. The van der Waals surface area contributed by atoms with E-state index in [4.69, 9.17) is 28.3 Å². The monoisotopic (exact) mass is 287 g/mol. The first-order valence-corrected chi connectivity index (χ1v) is 6.20. The van der Waals surface area contributed by atoms with Crippen LogP contribution in [0.25, 0.3) is 0 Å². The molecule has 1 amide bonds. The van der Waals surface area contributed by atoms with Crippen molar-refractivity contribution in [3.8, 4) is 0 Å². The number of carboxylic acids is 1. The van der Waals surface area contributed by atoms with Gasteiger partial charge in [0.2, 0.25) is 5.91 Å². The maximum absolute atomic E-state index is 11.6. The molecule has 2 rings (SSSR count). The number of carbonyl (C=O) groups excluding carboxylic acids is 1. The minimum Gasteiger partial charge on any atom is -0.480 e. The van der Waals surface area contributed by atoms with E-state index in [9.17, 15) is 9.59 Å². The molecule has 18 heavy (non-hydrogen) atoms. The van der Waals surface area contributed by atoms with Crippen LogP contribution in [0.4, 0.5) is 0 Å². The second-order valence-corrected chi connectivity index (χ2v) is 5.10. The highest BCUT2D eigenvalue weighted by molar-refractivity contribution is 6.42. The molecule has 1 aliphatic heterocycles. The summed E-state index contributed by atoms with van der Waals surface area (Å²) in [5.74, 6) is -1.56. The van der Waals surface area contributed by atoms with Crippen LogP contribution in [0.3, 0.4) is 0 Å². The van der Waals surface area contributed by atoms with E-state index in [1.54, 1.807) is 18.2 Å². The van der Waals surface area contributed by atoms with Crippen LogP contribution in [0.1, 0.15) is 12.0 Å². The maximum atomic E-state index is 11.6. The van der Waals surface area contributed by atoms with Gasteiger partial charge in [0, 0.05) is 5.92 Å². The lowest BCUT2D eigenvalue weighted by Gasteiger charge is -2.07. The van der Waals surface area contributed by atoms with Crippen LogP contribution in [0.5, 0.6) is 0 Å². The van der Waals surface area contributed by atoms with E-state index < -0.39 is 12.0 Å². The second kappa shape index (κ2) is 5.16. The lowest BCUT2D eigenvalue weighted by Crippen LogP contribution is -2.32. The first kappa shape index (κ1) is 13.2. The standard InChI is InChI=1S/C12H11Cl2NO3/c13-8-2-1-6(4-9(8)14)3-7-5-10(12(17)18)15-11(7)16/h1-2,4,7,10H,3,5H2,(H,15,16)(H,17,18). The number of carboxylic acid groups (broad SMARTS) is 1. The van der Waals surface area contributed by atoms with E-state index in [1.165, 1.54) is 0 Å². The van der Waals surface area contributed by atoms with Crippen molar-refractivity contribution in [2.45, 2.75) is 18.9 Å². The van der Waals surface area contributed by atoms with Crippen LogP contribution in [0, 0.1) is 5.92 Å². The van der Waals surface area contributed by atoms with Crippen LogP contribution >= 0.6 is 23.2 Å². The van der Waals surface area contributed by atoms with Crippen molar-refractivity contribution in [2.75, 3.05) is 0 Å². The fourth-order valence-electron chi connectivity index (χ4n) is 2.03. The molecule has 2 atom stereocenters. The summed E-state index contributed by atoms with van der Waals surface area (Å²) in [6.45, 7) is 0. The number of rotatable bonds is 3. The molecule has 0 aromatic heterocycles. The zero-order chi connectivity index (χ0) is 13.3. The summed E-state index contributed by atoms with van der Waals surface area (Å²) >= 11 is 11.7. The molecule has 0 spiro atoms. The van der Waals surface area contributed by atoms with Gasteiger partial charge in [-0.05, 0) is 30.5 Å². The molecule has 1 heterocycles. The molecular weight excluding hydrogens is 277 g/mol. The van der Waals surface area contributed by atoms with Gasteiger partial charge in [0.1, 0.15) is 6.04 Å². The number of amides is 1. The summed E-state index contributed by atoms with van der Waals surface area (Å²) in [5.41, 5.74) is 0.871. The first-order chi connectivity index (χ1) is 8.47. The van der Waals surface area contributed by atoms with Gasteiger partial charge in [-0.3, -0.25) is 4.79 Å². The van der Waals surface area contributed by atoms with Gasteiger partial charge in [-0.15, -0.1) is 0 Å². The lowest BCUT2D eigenvalue weighted by atomic mass is 9.96. The fourth-order valence-corrected chi connectivity index (χ4v) is 2.35. The van der Waals surface area contributed by atoms with Gasteiger partial charge in [0.25, 0.3) is 0 Å². The number of benzene rings is 1. The Morgan fingerprint density at radius 2 is 2.11 bits per heavy atom. The molecule has 2 N–H and O–H groups in total. The molecule has 0 aliphatic carbocycles. The van der Waals surface area contributed by atoms with Crippen molar-refractivity contribution < 1.29 is 14.7 Å². The van der Waals surface area contributed by atoms with Crippen molar-refractivity contribution in [1.82, 2.24) is 5.32 Å². The van der Waals surface area contributed by atoms with Gasteiger partial charge >= 0.3 is 5.97 Å². The van der Waals surface area contributed by atoms with E-state index in [-0.39, 0.29) is 11.8 Å². The Morgan fingerprint density at radius 1 is 1.39 bits per heavy atom. The Balaban J connectivity index is 2.08. The van der Waals surface area contributed by atoms with Gasteiger partial charge in [0.05, 0.1) is 10.0 Å². The van der Waals surface area contributed by atoms with Crippen molar-refractivity contribution in [3.63, 3.8) is 0 Å². The zero-order valence-corrected chi connectivity index (χ0v) is 10.8. The summed E-state index contributed by atoms with van der Waals surface area (Å²) in [6, 6.07) is 4.37. The Kier molecular flexibility index (Phi) is 3.78. The minimum atomic E-state index is -1.00. The van der Waals surface area contributed by atoms with Crippen LogP contribution in [-0.2, 0) is 16.0 Å². The van der Waals surface area contributed by atoms with E-state index in [0.717, 1.165) is 5.56 Å². The molecule has 4 nitrogen and oxygen atoms in total. The Morgan fingerprint density at radius 3 is 2.67 bits per heavy atom. The molecule has 1 aromatic rings. The average Bonchev–Trinajstić information content (AvgIpc) is 2.66. The molecule has 0 radical (unpaired) electrons. The number of carbonyl (C=O) groups is 2. The largest absolute Gasteiger partial charge is 0.480 e. The van der Waals surface area contributed by atoms with Gasteiger partial charge in [-0.25, -0.2) is 4.79 Å². The molecule has 2 unspecified atom stereocenters. The summed E-state index contributed by atoms with van der Waals surface area (Å²) < 4.78 is 0. The summed E-state index contributed by atoms with van der Waals surface area (Å²) in [5, 5.41) is 12.2. The van der Waals surface area contributed by atoms with E-state index >= 15 is 0 Å². The van der Waals surface area contributed by atoms with Gasteiger partial charge < -0.3 is 10.4 Å². The molecule has 0 saturated carbocycles. The smallest absolute Gasteiger partial charge is 0.326 e. The molecule has 1 aromatic carbocycles. The number of aliphatic carboxylic acids is 1. The third-order valence-electron chi connectivity index (χ3n) is 2.97. The number of nitrogens with one attached hydrogen (secondary N) is 1. The molecule has 96 valence electrons. The lowest BCUT2D eigenvalue weighted by molar-refractivity contribution is -0.140. The van der Waals surface area contributed by atoms with Gasteiger partial charge in [0.15, 0.2) is 0 Å². The summed E-state index contributed by atoms with van der Waals surface area (Å²) in [4.78, 5) is 22.4. The van der Waals surface area contributed by atoms with Crippen LogP contribution < -0.4 is 5.32 Å². The molecule has 0 bridgehead atoms. The van der Waals surface area contributed by atoms with E-state index in [0.29, 0.717) is 22.9 Å². The fraction of sp³-hybridized carbons (Fsp3) is 0.333. The van der Waals surface area contributed by atoms with Crippen LogP contribution in [-0.4, -0.2) is 23.0 Å². The summed E-state index contributed by atoms with van der Waals surface area (Å²) in [6.07, 6.45) is 0.765. The molecule has 6 heteroatoms. The van der Waals surface area contributed by atoms with Crippen molar-refractivity contribution in [1.29, 1.82) is 0 Å². The minimum absolute atomic E-state index is 0.228. The quantitative estimate of drug-likeness (QED) is 0.895. The Hall–Kier alpha value is -1.26. The predicted octanol–water partition coefficient (Wildman–Crippen LogP) is 2.13. The second-order valence-electron chi connectivity index (χ2n) is 4.28. The maximum Gasteiger partial charge on any atom is 0.326 e. The molecule has 1 fully saturated rings. The van der Waals surface area contributed by atoms with Crippen LogP contribution in [0.2, 0.25) is 10.0 Å². The number of hydrogen-bond donors (Lipinski definition) is 2. The Bertz CT molecular complexity index is 504. The number of halogens is 2. The van der Waals surface area contributed by atoms with Crippen molar-refractivity contribution >= 4 is 35.1 Å². The SMILES string of the molecule is O=C1NC(C(=O)O)CC1Cc1ccc(Cl)c(Cl)c1. The van der Waals surface area contributed by atoms with E-state index in [2.05, 4.69) is 5.32 Å². The number of hydrogen-bond acceptors (Lipinski definition) is 2. The highest BCUT2D eigenvalue weighted by atomic mass is 35.5. The Labute approximate surface area is 114 Å². The normalized spacial score (nSPS) is 22.9. The third-order valence-corrected chi connectivity index (χ3v) is 3.71. The van der Waals surface area contributed by atoms with Crippen molar-refractivity contribution in [3.05, 3.63) is 33.8 Å². The molecule has 1 saturated heterocycles. The van der Waals surface area contributed by atoms with Crippen molar-refractivity contribution in [2.24, 2.45) is 5.92 Å². The molecule has 1 aliphatic rings. The molecular formula is C12H11Cl2NO3. The predicted molar refractivity (Wildman–Crippen MR) is 67.8 cm³/mol.